The molecule has 1 fully saturated rings. The lowest BCUT2D eigenvalue weighted by Gasteiger charge is -2.13. The standard InChI is InChI=1S/C15H18FN5O2/c1-3-5-11-9(16)7-12(23-11)21-13-10(8-18-14(17)19-13)20(6-4-2)15(21)22/h2,8-9,11-12H,3,5-7H2,1H3,(H2,17,18,19). The molecule has 0 spiro atoms. The number of nitrogen functional groups attached to an aromatic ring is 1. The number of fused-ring (bicyclic) bond motifs is 1. The first kappa shape index (κ1) is 15.5. The number of terminal acetylenes is 1. The summed E-state index contributed by atoms with van der Waals surface area (Å²) in [6, 6.07) is 0. The van der Waals surface area contributed by atoms with Gasteiger partial charge < -0.3 is 10.5 Å². The Morgan fingerprint density at radius 1 is 1.61 bits per heavy atom. The number of imidazole rings is 1. The zero-order valence-electron chi connectivity index (χ0n) is 12.8. The fourth-order valence-corrected chi connectivity index (χ4v) is 2.96. The molecule has 0 amide bonds. The van der Waals surface area contributed by atoms with Crippen LogP contribution in [0.25, 0.3) is 11.2 Å². The van der Waals surface area contributed by atoms with Gasteiger partial charge in [-0.05, 0) is 6.42 Å². The zero-order chi connectivity index (χ0) is 16.6. The van der Waals surface area contributed by atoms with Crippen LogP contribution in [0.4, 0.5) is 10.3 Å². The number of alkyl halides is 1. The molecule has 3 rings (SSSR count). The van der Waals surface area contributed by atoms with Gasteiger partial charge in [-0.15, -0.1) is 6.42 Å². The van der Waals surface area contributed by atoms with Crippen LogP contribution in [-0.4, -0.2) is 31.4 Å². The Morgan fingerprint density at radius 2 is 2.39 bits per heavy atom. The predicted molar refractivity (Wildman–Crippen MR) is 83.4 cm³/mol. The molecular formula is C15H18FN5O2. The van der Waals surface area contributed by atoms with E-state index in [-0.39, 0.29) is 18.9 Å². The van der Waals surface area contributed by atoms with E-state index in [0.29, 0.717) is 17.6 Å². The topological polar surface area (TPSA) is 88.0 Å². The van der Waals surface area contributed by atoms with Crippen LogP contribution >= 0.6 is 0 Å². The molecule has 122 valence electrons. The Morgan fingerprint density at radius 3 is 3.09 bits per heavy atom. The van der Waals surface area contributed by atoms with Gasteiger partial charge in [0.2, 0.25) is 5.95 Å². The highest BCUT2D eigenvalue weighted by molar-refractivity contribution is 5.72. The number of halogens is 1. The maximum Gasteiger partial charge on any atom is 0.333 e. The summed E-state index contributed by atoms with van der Waals surface area (Å²) in [5, 5.41) is 0. The molecule has 23 heavy (non-hydrogen) atoms. The third-order valence-corrected chi connectivity index (χ3v) is 4.00. The van der Waals surface area contributed by atoms with Gasteiger partial charge in [0.25, 0.3) is 0 Å². The average Bonchev–Trinajstić information content (AvgIpc) is 2.99. The van der Waals surface area contributed by atoms with Crippen LogP contribution in [0.2, 0.25) is 0 Å². The number of ether oxygens (including phenoxy) is 1. The number of nitrogens with zero attached hydrogens (tertiary/aromatic N) is 4. The van der Waals surface area contributed by atoms with E-state index >= 15 is 0 Å². The van der Waals surface area contributed by atoms with Crippen LogP contribution in [0, 0.1) is 12.3 Å². The zero-order valence-corrected chi connectivity index (χ0v) is 12.8. The Hall–Kier alpha value is -2.40. The van der Waals surface area contributed by atoms with Crippen molar-refractivity contribution in [3.63, 3.8) is 0 Å². The van der Waals surface area contributed by atoms with Crippen molar-refractivity contribution in [3.8, 4) is 12.3 Å². The lowest BCUT2D eigenvalue weighted by molar-refractivity contribution is -0.0118. The first-order chi connectivity index (χ1) is 11.1. The van der Waals surface area contributed by atoms with E-state index in [4.69, 9.17) is 16.9 Å². The van der Waals surface area contributed by atoms with Crippen molar-refractivity contribution in [1.82, 2.24) is 19.1 Å². The molecule has 3 unspecified atom stereocenters. The highest BCUT2D eigenvalue weighted by Gasteiger charge is 2.38. The Kier molecular flexibility index (Phi) is 4.05. The summed E-state index contributed by atoms with van der Waals surface area (Å²) < 4.78 is 22.6. The molecule has 1 aliphatic heterocycles. The summed E-state index contributed by atoms with van der Waals surface area (Å²) in [6.45, 7) is 2.03. The van der Waals surface area contributed by atoms with Crippen LogP contribution in [0.15, 0.2) is 11.0 Å². The van der Waals surface area contributed by atoms with Crippen molar-refractivity contribution in [2.75, 3.05) is 5.73 Å². The van der Waals surface area contributed by atoms with Gasteiger partial charge in [0.05, 0.1) is 18.8 Å². The lowest BCUT2D eigenvalue weighted by atomic mass is 10.1. The van der Waals surface area contributed by atoms with Crippen LogP contribution in [-0.2, 0) is 11.3 Å². The fourth-order valence-electron chi connectivity index (χ4n) is 2.96. The predicted octanol–water partition coefficient (Wildman–Crippen LogP) is 1.23. The van der Waals surface area contributed by atoms with Gasteiger partial charge in [0.15, 0.2) is 5.65 Å². The summed E-state index contributed by atoms with van der Waals surface area (Å²) in [6.07, 6.45) is 5.93. The van der Waals surface area contributed by atoms with Gasteiger partial charge >= 0.3 is 5.69 Å². The molecule has 3 heterocycles. The van der Waals surface area contributed by atoms with E-state index in [1.54, 1.807) is 0 Å². The van der Waals surface area contributed by atoms with E-state index in [1.165, 1.54) is 15.3 Å². The molecule has 3 atom stereocenters. The molecule has 7 nitrogen and oxygen atoms in total. The first-order valence-corrected chi connectivity index (χ1v) is 7.53. The molecule has 1 aliphatic rings. The van der Waals surface area contributed by atoms with Gasteiger partial charge in [-0.3, -0.25) is 4.57 Å². The molecule has 0 radical (unpaired) electrons. The molecule has 0 bridgehead atoms. The molecule has 0 saturated carbocycles. The summed E-state index contributed by atoms with van der Waals surface area (Å²) in [7, 11) is 0. The maximum atomic E-state index is 14.1. The van der Waals surface area contributed by atoms with Crippen molar-refractivity contribution >= 4 is 17.1 Å². The lowest BCUT2D eigenvalue weighted by Crippen LogP contribution is -2.27. The SMILES string of the molecule is C#CCn1c(=O)n(C2CC(F)C(CCC)O2)c2nc(N)ncc21. The summed E-state index contributed by atoms with van der Waals surface area (Å²) in [5.41, 5.74) is 6.00. The Bertz CT molecular complexity index is 822. The van der Waals surface area contributed by atoms with Crippen molar-refractivity contribution in [1.29, 1.82) is 0 Å². The smallest absolute Gasteiger partial charge is 0.333 e. The number of nitrogens with two attached hydrogens (primary N) is 1. The molecule has 0 aliphatic carbocycles. The molecule has 2 N–H and O–H groups in total. The van der Waals surface area contributed by atoms with Gasteiger partial charge in [-0.2, -0.15) is 4.98 Å². The van der Waals surface area contributed by atoms with Crippen LogP contribution in [0.5, 0.6) is 0 Å². The summed E-state index contributed by atoms with van der Waals surface area (Å²) in [4.78, 5) is 20.7. The number of rotatable bonds is 4. The Labute approximate surface area is 132 Å². The van der Waals surface area contributed by atoms with Crippen LogP contribution < -0.4 is 11.4 Å². The second-order valence-corrected chi connectivity index (χ2v) is 5.55. The van der Waals surface area contributed by atoms with Crippen molar-refractivity contribution in [3.05, 3.63) is 16.7 Å². The average molecular weight is 319 g/mol. The second kappa shape index (κ2) is 6.01. The van der Waals surface area contributed by atoms with Gasteiger partial charge in [0, 0.05) is 6.42 Å². The number of hydrogen-bond acceptors (Lipinski definition) is 5. The number of aromatic nitrogens is 4. The Balaban J connectivity index is 2.11. The monoisotopic (exact) mass is 319 g/mol. The molecule has 0 aromatic carbocycles. The van der Waals surface area contributed by atoms with Crippen molar-refractivity contribution in [2.45, 2.75) is 51.2 Å². The van der Waals surface area contributed by atoms with E-state index < -0.39 is 24.2 Å². The highest BCUT2D eigenvalue weighted by atomic mass is 19.1. The molecule has 1 saturated heterocycles. The van der Waals surface area contributed by atoms with E-state index in [2.05, 4.69) is 15.9 Å². The van der Waals surface area contributed by atoms with Crippen molar-refractivity contribution in [2.24, 2.45) is 0 Å². The maximum absolute atomic E-state index is 14.1. The fraction of sp³-hybridized carbons (Fsp3) is 0.533. The van der Waals surface area contributed by atoms with E-state index in [1.807, 2.05) is 6.92 Å². The van der Waals surface area contributed by atoms with Gasteiger partial charge in [-0.25, -0.2) is 18.7 Å². The molecular weight excluding hydrogens is 301 g/mol. The quantitative estimate of drug-likeness (QED) is 0.857. The van der Waals surface area contributed by atoms with E-state index in [9.17, 15) is 9.18 Å². The minimum Gasteiger partial charge on any atom is -0.368 e. The third-order valence-electron chi connectivity index (χ3n) is 4.00. The van der Waals surface area contributed by atoms with Crippen LogP contribution in [0.3, 0.4) is 0 Å². The number of anilines is 1. The molecule has 8 heteroatoms. The third kappa shape index (κ3) is 2.57. The summed E-state index contributed by atoms with van der Waals surface area (Å²) >= 11 is 0. The van der Waals surface area contributed by atoms with E-state index in [0.717, 1.165) is 6.42 Å². The normalized spacial score (nSPS) is 24.1. The molecule has 2 aromatic rings. The highest BCUT2D eigenvalue weighted by Crippen LogP contribution is 2.33. The number of hydrogen-bond donors (Lipinski definition) is 1. The van der Waals surface area contributed by atoms with Crippen LogP contribution in [0.1, 0.15) is 32.4 Å². The van der Waals surface area contributed by atoms with Gasteiger partial charge in [-0.1, -0.05) is 19.3 Å². The summed E-state index contributed by atoms with van der Waals surface area (Å²) in [5.74, 6) is 2.45. The largest absolute Gasteiger partial charge is 0.368 e. The first-order valence-electron chi connectivity index (χ1n) is 7.53. The van der Waals surface area contributed by atoms with Gasteiger partial charge in [0.1, 0.15) is 17.9 Å². The minimum atomic E-state index is -1.11. The van der Waals surface area contributed by atoms with Crippen molar-refractivity contribution < 1.29 is 9.13 Å². The molecule has 2 aromatic heterocycles. The second-order valence-electron chi connectivity index (χ2n) is 5.55. The minimum absolute atomic E-state index is 0.0315.